The lowest BCUT2D eigenvalue weighted by Gasteiger charge is -2.00. The molecule has 15 heavy (non-hydrogen) atoms. The number of nitrogens with zero attached hydrogens (tertiary/aromatic N) is 1. The molecule has 1 aromatic rings. The fraction of sp³-hybridized carbons (Fsp3) is 0.167. The van der Waals surface area contributed by atoms with Gasteiger partial charge in [-0.25, -0.2) is 4.79 Å². The van der Waals surface area contributed by atoms with Gasteiger partial charge < -0.3 is 4.74 Å². The number of methoxy groups -OCH3 is 1. The third-order valence-corrected chi connectivity index (χ3v) is 1.86. The zero-order valence-electron chi connectivity index (χ0n) is 8.43. The summed E-state index contributed by atoms with van der Waals surface area (Å²) < 4.78 is 4.58. The monoisotopic (exact) mass is 201 g/mol. The molecule has 0 spiro atoms. The highest BCUT2D eigenvalue weighted by Crippen LogP contribution is 2.10. The van der Waals surface area contributed by atoms with Gasteiger partial charge in [0.05, 0.1) is 25.2 Å². The van der Waals surface area contributed by atoms with Crippen LogP contribution >= 0.6 is 0 Å². The summed E-state index contributed by atoms with van der Waals surface area (Å²) in [5, 5.41) is 8.56. The summed E-state index contributed by atoms with van der Waals surface area (Å²) in [7, 11) is 1.30. The van der Waals surface area contributed by atoms with E-state index in [1.54, 1.807) is 6.08 Å². The molecule has 0 aliphatic rings. The lowest BCUT2D eigenvalue weighted by Crippen LogP contribution is -2.03. The van der Waals surface area contributed by atoms with Crippen LogP contribution in [0.3, 0.4) is 0 Å². The fourth-order valence-corrected chi connectivity index (χ4v) is 1.15. The number of benzene rings is 1. The van der Waals surface area contributed by atoms with E-state index >= 15 is 0 Å². The second-order valence-electron chi connectivity index (χ2n) is 2.91. The molecule has 0 N–H and O–H groups in total. The molecule has 0 unspecified atom stereocenters. The van der Waals surface area contributed by atoms with E-state index in [4.69, 9.17) is 5.26 Å². The highest BCUT2D eigenvalue weighted by Gasteiger charge is 2.08. The molecule has 0 aliphatic heterocycles. The van der Waals surface area contributed by atoms with Crippen molar-refractivity contribution in [2.24, 2.45) is 0 Å². The van der Waals surface area contributed by atoms with Crippen molar-refractivity contribution < 1.29 is 9.53 Å². The maximum Gasteiger partial charge on any atom is 0.334 e. The van der Waals surface area contributed by atoms with Crippen LogP contribution in [0.5, 0.6) is 0 Å². The van der Waals surface area contributed by atoms with Gasteiger partial charge in [0, 0.05) is 0 Å². The molecule has 3 heteroatoms. The van der Waals surface area contributed by atoms with Crippen molar-refractivity contribution in [3.63, 3.8) is 0 Å². The van der Waals surface area contributed by atoms with Crippen LogP contribution in [0.25, 0.3) is 6.08 Å². The molecule has 0 aromatic heterocycles. The van der Waals surface area contributed by atoms with Crippen LogP contribution in [-0.4, -0.2) is 13.1 Å². The Morgan fingerprint density at radius 1 is 1.47 bits per heavy atom. The summed E-state index contributed by atoms with van der Waals surface area (Å²) in [5.74, 6) is -0.458. The maximum atomic E-state index is 11.3. The first-order chi connectivity index (χ1) is 7.27. The Hall–Kier alpha value is -2.08. The number of hydrogen-bond donors (Lipinski definition) is 0. The summed E-state index contributed by atoms with van der Waals surface area (Å²) in [6.07, 6.45) is 1.72. The Labute approximate surface area is 88.6 Å². The summed E-state index contributed by atoms with van der Waals surface area (Å²) in [4.78, 5) is 11.3. The van der Waals surface area contributed by atoms with Crippen molar-refractivity contribution >= 4 is 12.0 Å². The minimum absolute atomic E-state index is 0.0571. The third kappa shape index (κ3) is 3.28. The van der Waals surface area contributed by atoms with E-state index in [0.29, 0.717) is 5.57 Å². The second kappa shape index (κ2) is 5.61. The molecule has 1 aromatic carbocycles. The summed E-state index contributed by atoms with van der Waals surface area (Å²) in [6, 6.07) is 11.3. The third-order valence-electron chi connectivity index (χ3n) is 1.86. The molecular formula is C12H11NO2. The van der Waals surface area contributed by atoms with E-state index in [0.717, 1.165) is 5.56 Å². The molecule has 0 amide bonds. The van der Waals surface area contributed by atoms with Crippen molar-refractivity contribution in [1.29, 1.82) is 5.26 Å². The molecule has 0 bridgehead atoms. The smallest absolute Gasteiger partial charge is 0.334 e. The Morgan fingerprint density at radius 2 is 2.13 bits per heavy atom. The fourth-order valence-electron chi connectivity index (χ4n) is 1.15. The lowest BCUT2D eigenvalue weighted by molar-refractivity contribution is -0.136. The van der Waals surface area contributed by atoms with Crippen LogP contribution in [0.1, 0.15) is 12.0 Å². The summed E-state index contributed by atoms with van der Waals surface area (Å²) >= 11 is 0. The second-order valence-corrected chi connectivity index (χ2v) is 2.91. The lowest BCUT2D eigenvalue weighted by atomic mass is 10.1. The van der Waals surface area contributed by atoms with Gasteiger partial charge >= 0.3 is 5.97 Å². The van der Waals surface area contributed by atoms with E-state index in [9.17, 15) is 4.79 Å². The van der Waals surface area contributed by atoms with Crippen LogP contribution in [-0.2, 0) is 9.53 Å². The first-order valence-corrected chi connectivity index (χ1v) is 4.49. The molecule has 76 valence electrons. The predicted molar refractivity (Wildman–Crippen MR) is 56.7 cm³/mol. The van der Waals surface area contributed by atoms with Crippen LogP contribution in [0.4, 0.5) is 0 Å². The van der Waals surface area contributed by atoms with Crippen LogP contribution in [0, 0.1) is 11.3 Å². The Balaban J connectivity index is 2.95. The number of carbonyl (C=O) groups is 1. The molecule has 0 atom stereocenters. The van der Waals surface area contributed by atoms with Crippen molar-refractivity contribution in [3.8, 4) is 6.07 Å². The van der Waals surface area contributed by atoms with E-state index in [1.165, 1.54) is 7.11 Å². The standard InChI is InChI=1S/C12H11NO2/c1-15-12(14)11(7-8-13)9-10-5-3-2-4-6-10/h2-6,9H,7H2,1H3/b11-9+. The average Bonchev–Trinajstić information content (AvgIpc) is 2.29. The number of ether oxygens (including phenoxy) is 1. The first kappa shape index (κ1) is 11.0. The van der Waals surface area contributed by atoms with Crippen LogP contribution in [0.2, 0.25) is 0 Å². The van der Waals surface area contributed by atoms with Crippen molar-refractivity contribution in [2.75, 3.05) is 7.11 Å². The summed E-state index contributed by atoms with van der Waals surface area (Å²) in [5.41, 5.74) is 1.25. The van der Waals surface area contributed by atoms with Gasteiger partial charge in [-0.05, 0) is 11.6 Å². The van der Waals surface area contributed by atoms with Gasteiger partial charge in [-0.15, -0.1) is 0 Å². The normalized spacial score (nSPS) is 10.5. The number of hydrogen-bond acceptors (Lipinski definition) is 3. The molecule has 0 aliphatic carbocycles. The first-order valence-electron chi connectivity index (χ1n) is 4.49. The Kier molecular flexibility index (Phi) is 4.11. The molecule has 0 heterocycles. The minimum atomic E-state index is -0.458. The number of carbonyl (C=O) groups excluding carboxylic acids is 1. The van der Waals surface area contributed by atoms with Gasteiger partial charge in [-0.3, -0.25) is 0 Å². The van der Waals surface area contributed by atoms with Crippen LogP contribution in [0.15, 0.2) is 35.9 Å². The van der Waals surface area contributed by atoms with E-state index in [1.807, 2.05) is 36.4 Å². The van der Waals surface area contributed by atoms with Crippen molar-refractivity contribution in [1.82, 2.24) is 0 Å². The Morgan fingerprint density at radius 3 is 2.67 bits per heavy atom. The topological polar surface area (TPSA) is 50.1 Å². The molecule has 0 fully saturated rings. The van der Waals surface area contributed by atoms with Gasteiger partial charge in [0.25, 0.3) is 0 Å². The zero-order valence-corrected chi connectivity index (χ0v) is 8.43. The molecule has 3 nitrogen and oxygen atoms in total. The molecule has 0 radical (unpaired) electrons. The Bertz CT molecular complexity index is 401. The SMILES string of the molecule is COC(=O)/C(=C/c1ccccc1)CC#N. The van der Waals surface area contributed by atoms with Gasteiger partial charge in [-0.2, -0.15) is 5.26 Å². The van der Waals surface area contributed by atoms with Gasteiger partial charge in [-0.1, -0.05) is 30.3 Å². The molecule has 0 saturated carbocycles. The van der Waals surface area contributed by atoms with E-state index in [2.05, 4.69) is 4.74 Å². The highest BCUT2D eigenvalue weighted by molar-refractivity contribution is 5.93. The van der Waals surface area contributed by atoms with Gasteiger partial charge in [0.15, 0.2) is 0 Å². The van der Waals surface area contributed by atoms with Crippen molar-refractivity contribution in [2.45, 2.75) is 6.42 Å². The molecular weight excluding hydrogens is 190 g/mol. The predicted octanol–water partition coefficient (Wildman–Crippen LogP) is 2.16. The highest BCUT2D eigenvalue weighted by atomic mass is 16.5. The largest absolute Gasteiger partial charge is 0.466 e. The van der Waals surface area contributed by atoms with Gasteiger partial charge in [0.1, 0.15) is 0 Å². The van der Waals surface area contributed by atoms with Crippen LogP contribution < -0.4 is 0 Å². The van der Waals surface area contributed by atoms with Gasteiger partial charge in [0.2, 0.25) is 0 Å². The molecule has 1 rings (SSSR count). The number of esters is 1. The van der Waals surface area contributed by atoms with E-state index < -0.39 is 5.97 Å². The summed E-state index contributed by atoms with van der Waals surface area (Å²) in [6.45, 7) is 0. The zero-order chi connectivity index (χ0) is 11.1. The number of rotatable bonds is 3. The number of nitriles is 1. The molecule has 0 saturated heterocycles. The van der Waals surface area contributed by atoms with E-state index in [-0.39, 0.29) is 6.42 Å². The minimum Gasteiger partial charge on any atom is -0.466 e. The maximum absolute atomic E-state index is 11.3. The quantitative estimate of drug-likeness (QED) is 0.556. The average molecular weight is 201 g/mol. The van der Waals surface area contributed by atoms with Crippen molar-refractivity contribution in [3.05, 3.63) is 41.5 Å².